The van der Waals surface area contributed by atoms with Crippen molar-refractivity contribution in [3.8, 4) is 0 Å². The molecule has 0 aromatic heterocycles. The standard InChI is InChI=1S/C13H14FNO4S/c1-7(16)9-3-4-12(10(14)5-9)20-6-11(13(18)19)15-8(2)17/h3-5,11H,6H2,1-2H3,(H,15,17)(H,18,19). The lowest BCUT2D eigenvalue weighted by Gasteiger charge is -2.13. The van der Waals surface area contributed by atoms with Crippen LogP contribution in [0.2, 0.25) is 0 Å². The van der Waals surface area contributed by atoms with Crippen LogP contribution in [0.3, 0.4) is 0 Å². The molecule has 1 amide bonds. The van der Waals surface area contributed by atoms with Crippen molar-refractivity contribution in [1.82, 2.24) is 5.32 Å². The molecular weight excluding hydrogens is 285 g/mol. The number of hydrogen-bond donors (Lipinski definition) is 2. The van der Waals surface area contributed by atoms with Crippen LogP contribution in [-0.2, 0) is 9.59 Å². The number of hydrogen-bond acceptors (Lipinski definition) is 4. The molecule has 7 heteroatoms. The number of thioether (sulfide) groups is 1. The van der Waals surface area contributed by atoms with E-state index in [2.05, 4.69) is 5.32 Å². The first-order valence-electron chi connectivity index (χ1n) is 5.74. The SMILES string of the molecule is CC(=O)NC(CSc1ccc(C(C)=O)cc1F)C(=O)O. The van der Waals surface area contributed by atoms with E-state index in [0.717, 1.165) is 17.8 Å². The summed E-state index contributed by atoms with van der Waals surface area (Å²) < 4.78 is 13.7. The van der Waals surface area contributed by atoms with E-state index in [9.17, 15) is 18.8 Å². The summed E-state index contributed by atoms with van der Waals surface area (Å²) in [5, 5.41) is 11.2. The van der Waals surface area contributed by atoms with Gasteiger partial charge in [-0.2, -0.15) is 0 Å². The van der Waals surface area contributed by atoms with Gasteiger partial charge in [-0.3, -0.25) is 9.59 Å². The third kappa shape index (κ3) is 4.65. The van der Waals surface area contributed by atoms with Crippen LogP contribution in [0.15, 0.2) is 23.1 Å². The second kappa shape index (κ2) is 7.04. The summed E-state index contributed by atoms with van der Waals surface area (Å²) in [6.45, 7) is 2.54. The van der Waals surface area contributed by atoms with E-state index in [1.165, 1.54) is 26.0 Å². The van der Waals surface area contributed by atoms with Gasteiger partial charge in [0.25, 0.3) is 0 Å². The molecule has 1 aromatic rings. The number of halogens is 1. The smallest absolute Gasteiger partial charge is 0.327 e. The molecule has 1 aromatic carbocycles. The Balaban J connectivity index is 2.75. The zero-order valence-electron chi connectivity index (χ0n) is 11.0. The first-order valence-corrected chi connectivity index (χ1v) is 6.73. The quantitative estimate of drug-likeness (QED) is 0.617. The first kappa shape index (κ1) is 16.2. The van der Waals surface area contributed by atoms with Gasteiger partial charge in [0, 0.05) is 23.1 Å². The summed E-state index contributed by atoms with van der Waals surface area (Å²) in [4.78, 5) is 33.1. The summed E-state index contributed by atoms with van der Waals surface area (Å²) in [6.07, 6.45) is 0. The fraction of sp³-hybridized carbons (Fsp3) is 0.308. The molecule has 0 heterocycles. The molecule has 0 aliphatic rings. The van der Waals surface area contributed by atoms with E-state index >= 15 is 0 Å². The molecule has 5 nitrogen and oxygen atoms in total. The molecular formula is C13H14FNO4S. The van der Waals surface area contributed by atoms with Crippen molar-refractivity contribution in [2.24, 2.45) is 0 Å². The summed E-state index contributed by atoms with van der Waals surface area (Å²) in [5.74, 6) is -2.50. The van der Waals surface area contributed by atoms with Crippen molar-refractivity contribution in [3.63, 3.8) is 0 Å². The summed E-state index contributed by atoms with van der Waals surface area (Å²) in [7, 11) is 0. The monoisotopic (exact) mass is 299 g/mol. The number of carboxylic acids is 1. The number of rotatable bonds is 6. The minimum atomic E-state index is -1.19. The lowest BCUT2D eigenvalue weighted by molar-refractivity contribution is -0.140. The average Bonchev–Trinajstić information content (AvgIpc) is 2.34. The van der Waals surface area contributed by atoms with Crippen LogP contribution in [-0.4, -0.2) is 34.6 Å². The number of nitrogens with one attached hydrogen (secondary N) is 1. The normalized spacial score (nSPS) is 11.8. The van der Waals surface area contributed by atoms with Crippen LogP contribution in [0.1, 0.15) is 24.2 Å². The van der Waals surface area contributed by atoms with Crippen molar-refractivity contribution in [1.29, 1.82) is 0 Å². The Bertz CT molecular complexity index is 547. The Morgan fingerprint density at radius 3 is 2.45 bits per heavy atom. The summed E-state index contributed by atoms with van der Waals surface area (Å²) >= 11 is 0.964. The molecule has 1 unspecified atom stereocenters. The summed E-state index contributed by atoms with van der Waals surface area (Å²) in [5.41, 5.74) is 0.253. The second-order valence-electron chi connectivity index (χ2n) is 4.10. The molecule has 108 valence electrons. The van der Waals surface area contributed by atoms with Crippen molar-refractivity contribution in [3.05, 3.63) is 29.6 Å². The fourth-order valence-corrected chi connectivity index (χ4v) is 2.36. The molecule has 0 aliphatic heterocycles. The molecule has 2 N–H and O–H groups in total. The molecule has 0 bridgehead atoms. The minimum absolute atomic E-state index is 0.00868. The van der Waals surface area contributed by atoms with E-state index in [-0.39, 0.29) is 22.0 Å². The molecule has 0 radical (unpaired) electrons. The number of carboxylic acid groups (broad SMARTS) is 1. The average molecular weight is 299 g/mol. The van der Waals surface area contributed by atoms with Gasteiger partial charge < -0.3 is 10.4 Å². The van der Waals surface area contributed by atoms with E-state index in [4.69, 9.17) is 5.11 Å². The fourth-order valence-electron chi connectivity index (χ4n) is 1.43. The molecule has 0 fully saturated rings. The van der Waals surface area contributed by atoms with Crippen LogP contribution >= 0.6 is 11.8 Å². The van der Waals surface area contributed by atoms with Gasteiger partial charge in [0.2, 0.25) is 5.91 Å². The first-order chi connectivity index (χ1) is 9.31. The van der Waals surface area contributed by atoms with Gasteiger partial charge in [-0.05, 0) is 19.1 Å². The second-order valence-corrected chi connectivity index (χ2v) is 5.17. The maximum absolute atomic E-state index is 13.7. The van der Waals surface area contributed by atoms with Gasteiger partial charge in [0.1, 0.15) is 11.9 Å². The topological polar surface area (TPSA) is 83.5 Å². The Morgan fingerprint density at radius 1 is 1.35 bits per heavy atom. The van der Waals surface area contributed by atoms with Crippen LogP contribution in [0.25, 0.3) is 0 Å². The third-order valence-corrected chi connectivity index (χ3v) is 3.56. The van der Waals surface area contributed by atoms with E-state index in [1.54, 1.807) is 0 Å². The molecule has 0 saturated heterocycles. The van der Waals surface area contributed by atoms with E-state index < -0.39 is 23.7 Å². The highest BCUT2D eigenvalue weighted by Crippen LogP contribution is 2.23. The van der Waals surface area contributed by atoms with E-state index in [0.29, 0.717) is 0 Å². The molecule has 20 heavy (non-hydrogen) atoms. The van der Waals surface area contributed by atoms with Gasteiger partial charge in [-0.1, -0.05) is 6.07 Å². The third-order valence-electron chi connectivity index (χ3n) is 2.42. The largest absolute Gasteiger partial charge is 0.480 e. The highest BCUT2D eigenvalue weighted by molar-refractivity contribution is 7.99. The molecule has 1 rings (SSSR count). The van der Waals surface area contributed by atoms with Crippen molar-refractivity contribution >= 4 is 29.4 Å². The maximum atomic E-state index is 13.7. The number of carbonyl (C=O) groups excluding carboxylic acids is 2. The number of aliphatic carboxylic acids is 1. The Kier molecular flexibility index (Phi) is 5.69. The minimum Gasteiger partial charge on any atom is -0.480 e. The number of benzene rings is 1. The predicted molar refractivity (Wildman–Crippen MR) is 72.4 cm³/mol. The van der Waals surface area contributed by atoms with Gasteiger partial charge >= 0.3 is 5.97 Å². The Labute approximate surface area is 119 Å². The van der Waals surface area contributed by atoms with E-state index in [1.807, 2.05) is 0 Å². The predicted octanol–water partition coefficient (Wildman–Crippen LogP) is 1.71. The lowest BCUT2D eigenvalue weighted by Crippen LogP contribution is -2.41. The van der Waals surface area contributed by atoms with Crippen LogP contribution < -0.4 is 5.32 Å². The van der Waals surface area contributed by atoms with Gasteiger partial charge in [0.05, 0.1) is 0 Å². The van der Waals surface area contributed by atoms with Crippen LogP contribution in [0, 0.1) is 5.82 Å². The number of ketones is 1. The molecule has 0 saturated carbocycles. The molecule has 0 aliphatic carbocycles. The van der Waals surface area contributed by atoms with Gasteiger partial charge in [-0.25, -0.2) is 9.18 Å². The zero-order valence-corrected chi connectivity index (χ0v) is 11.8. The maximum Gasteiger partial charge on any atom is 0.327 e. The lowest BCUT2D eigenvalue weighted by atomic mass is 10.1. The van der Waals surface area contributed by atoms with Crippen molar-refractivity contribution < 1.29 is 23.9 Å². The van der Waals surface area contributed by atoms with Crippen LogP contribution in [0.4, 0.5) is 4.39 Å². The van der Waals surface area contributed by atoms with Gasteiger partial charge in [0.15, 0.2) is 5.78 Å². The zero-order chi connectivity index (χ0) is 15.3. The molecule has 1 atom stereocenters. The Morgan fingerprint density at radius 2 is 2.00 bits per heavy atom. The van der Waals surface area contributed by atoms with Crippen LogP contribution in [0.5, 0.6) is 0 Å². The molecule has 0 spiro atoms. The summed E-state index contributed by atoms with van der Waals surface area (Å²) in [6, 6.07) is 2.91. The Hall–Kier alpha value is -1.89. The number of Topliss-reactive ketones (excluding diaryl/α,β-unsaturated/α-hetero) is 1. The highest BCUT2D eigenvalue weighted by atomic mass is 32.2. The number of carbonyl (C=O) groups is 3. The highest BCUT2D eigenvalue weighted by Gasteiger charge is 2.19. The van der Waals surface area contributed by atoms with Gasteiger partial charge in [-0.15, -0.1) is 11.8 Å². The van der Waals surface area contributed by atoms with Crippen molar-refractivity contribution in [2.45, 2.75) is 24.8 Å². The van der Waals surface area contributed by atoms with Crippen molar-refractivity contribution in [2.75, 3.05) is 5.75 Å². The number of amides is 1.